The molecule has 2 aromatic rings. The van der Waals surface area contributed by atoms with Gasteiger partial charge in [-0.3, -0.25) is 4.79 Å². The smallest absolute Gasteiger partial charge is 0.223 e. The van der Waals surface area contributed by atoms with Crippen LogP contribution in [0, 0.1) is 0 Å². The maximum absolute atomic E-state index is 11.6. The highest BCUT2D eigenvalue weighted by molar-refractivity contribution is 7.11. The van der Waals surface area contributed by atoms with Gasteiger partial charge in [0.15, 0.2) is 0 Å². The molecule has 0 aromatic carbocycles. The van der Waals surface area contributed by atoms with Gasteiger partial charge in [0.05, 0.1) is 6.04 Å². The first-order chi connectivity index (χ1) is 9.18. The molecule has 3 nitrogen and oxygen atoms in total. The molecule has 2 rings (SSSR count). The second-order valence-corrected chi connectivity index (χ2v) is 6.41. The van der Waals surface area contributed by atoms with E-state index in [2.05, 4.69) is 40.3 Å². The summed E-state index contributed by atoms with van der Waals surface area (Å²) in [4.78, 5) is 15.8. The lowest BCUT2D eigenvalue weighted by atomic mass is 10.2. The summed E-state index contributed by atoms with van der Waals surface area (Å²) in [6.45, 7) is 0.692. The quantitative estimate of drug-likeness (QED) is 0.888. The predicted octanol–water partition coefficient (Wildman–Crippen LogP) is 2.97. The van der Waals surface area contributed by atoms with Crippen LogP contribution in [0.4, 0.5) is 0 Å². The Bertz CT molecular complexity index is 457. The second-order valence-electron chi connectivity index (χ2n) is 4.46. The second kappa shape index (κ2) is 6.84. The molecule has 5 heteroatoms. The van der Waals surface area contributed by atoms with Crippen LogP contribution in [0.25, 0.3) is 0 Å². The van der Waals surface area contributed by atoms with E-state index in [1.807, 2.05) is 0 Å². The SMILES string of the molecule is CN(C)C(=O)CCNC(c1cccs1)c1cccs1. The van der Waals surface area contributed by atoms with E-state index in [1.54, 1.807) is 41.7 Å². The Balaban J connectivity index is 1.98. The molecule has 0 saturated heterocycles. The highest BCUT2D eigenvalue weighted by Crippen LogP contribution is 2.28. The van der Waals surface area contributed by atoms with Crippen molar-refractivity contribution >= 4 is 28.6 Å². The molecule has 102 valence electrons. The minimum Gasteiger partial charge on any atom is -0.349 e. The normalized spacial score (nSPS) is 10.9. The van der Waals surface area contributed by atoms with Crippen molar-refractivity contribution in [3.63, 3.8) is 0 Å². The largest absolute Gasteiger partial charge is 0.349 e. The molecule has 0 saturated carbocycles. The topological polar surface area (TPSA) is 32.3 Å². The van der Waals surface area contributed by atoms with Crippen LogP contribution in [-0.2, 0) is 4.79 Å². The van der Waals surface area contributed by atoms with Crippen LogP contribution in [0.15, 0.2) is 35.0 Å². The van der Waals surface area contributed by atoms with Crippen LogP contribution in [0.2, 0.25) is 0 Å². The molecule has 0 spiro atoms. The molecule has 0 radical (unpaired) electrons. The molecule has 2 aromatic heterocycles. The highest BCUT2D eigenvalue weighted by atomic mass is 32.1. The van der Waals surface area contributed by atoms with Gasteiger partial charge in [-0.1, -0.05) is 12.1 Å². The van der Waals surface area contributed by atoms with Gasteiger partial charge < -0.3 is 10.2 Å². The Morgan fingerprint density at radius 3 is 2.21 bits per heavy atom. The number of hydrogen-bond acceptors (Lipinski definition) is 4. The van der Waals surface area contributed by atoms with Crippen molar-refractivity contribution in [1.29, 1.82) is 0 Å². The van der Waals surface area contributed by atoms with Crippen molar-refractivity contribution in [2.45, 2.75) is 12.5 Å². The molecule has 0 aliphatic heterocycles. The number of hydrogen-bond donors (Lipinski definition) is 1. The maximum atomic E-state index is 11.6. The summed E-state index contributed by atoms with van der Waals surface area (Å²) in [6, 6.07) is 8.60. The fraction of sp³-hybridized carbons (Fsp3) is 0.357. The van der Waals surface area contributed by atoms with E-state index in [1.165, 1.54) is 9.75 Å². The summed E-state index contributed by atoms with van der Waals surface area (Å²) >= 11 is 3.49. The third-order valence-corrected chi connectivity index (χ3v) is 4.72. The molecular weight excluding hydrogens is 276 g/mol. The monoisotopic (exact) mass is 294 g/mol. The first kappa shape index (κ1) is 14.2. The van der Waals surface area contributed by atoms with Crippen LogP contribution in [0.1, 0.15) is 22.2 Å². The van der Waals surface area contributed by atoms with Gasteiger partial charge in [-0.05, 0) is 22.9 Å². The molecule has 0 aliphatic carbocycles. The van der Waals surface area contributed by atoms with Crippen LogP contribution in [0.5, 0.6) is 0 Å². The molecular formula is C14H18N2OS2. The lowest BCUT2D eigenvalue weighted by Gasteiger charge is -2.17. The van der Waals surface area contributed by atoms with Gasteiger partial charge in [0, 0.05) is 36.8 Å². The molecule has 0 bridgehead atoms. The first-order valence-electron chi connectivity index (χ1n) is 6.19. The Kier molecular flexibility index (Phi) is 5.13. The third-order valence-electron chi connectivity index (χ3n) is 2.84. The molecule has 1 N–H and O–H groups in total. The number of carbonyl (C=O) groups is 1. The van der Waals surface area contributed by atoms with E-state index >= 15 is 0 Å². The molecule has 0 aliphatic rings. The number of amides is 1. The van der Waals surface area contributed by atoms with E-state index in [0.717, 1.165) is 0 Å². The van der Waals surface area contributed by atoms with Crippen molar-refractivity contribution in [3.8, 4) is 0 Å². The molecule has 19 heavy (non-hydrogen) atoms. The average molecular weight is 294 g/mol. The van der Waals surface area contributed by atoms with E-state index < -0.39 is 0 Å². The van der Waals surface area contributed by atoms with Crippen molar-refractivity contribution in [2.75, 3.05) is 20.6 Å². The number of nitrogens with zero attached hydrogens (tertiary/aromatic N) is 1. The molecule has 1 amide bonds. The van der Waals surface area contributed by atoms with Gasteiger partial charge in [0.1, 0.15) is 0 Å². The van der Waals surface area contributed by atoms with Gasteiger partial charge in [-0.25, -0.2) is 0 Å². The standard InChI is InChI=1S/C14H18N2OS2/c1-16(2)13(17)7-8-15-14(11-5-3-9-18-11)12-6-4-10-19-12/h3-6,9-10,14-15H,7-8H2,1-2H3. The fourth-order valence-electron chi connectivity index (χ4n) is 1.80. The van der Waals surface area contributed by atoms with Crippen LogP contribution in [-0.4, -0.2) is 31.4 Å². The van der Waals surface area contributed by atoms with Gasteiger partial charge in [-0.15, -0.1) is 22.7 Å². The first-order valence-corrected chi connectivity index (χ1v) is 7.94. The summed E-state index contributed by atoms with van der Waals surface area (Å²) in [6.07, 6.45) is 0.528. The average Bonchev–Trinajstić information content (AvgIpc) is 3.07. The van der Waals surface area contributed by atoms with E-state index in [4.69, 9.17) is 0 Å². The molecule has 0 unspecified atom stereocenters. The summed E-state index contributed by atoms with van der Waals surface area (Å²) in [5.41, 5.74) is 0. The number of thiophene rings is 2. The van der Waals surface area contributed by atoms with E-state index in [0.29, 0.717) is 13.0 Å². The van der Waals surface area contributed by atoms with Gasteiger partial charge in [0.2, 0.25) is 5.91 Å². The summed E-state index contributed by atoms with van der Waals surface area (Å²) in [7, 11) is 3.58. The van der Waals surface area contributed by atoms with E-state index in [-0.39, 0.29) is 11.9 Å². The lowest BCUT2D eigenvalue weighted by molar-refractivity contribution is -0.128. The zero-order valence-electron chi connectivity index (χ0n) is 11.1. The van der Waals surface area contributed by atoms with Crippen LogP contribution in [0.3, 0.4) is 0 Å². The fourth-order valence-corrected chi connectivity index (χ4v) is 3.51. The van der Waals surface area contributed by atoms with Gasteiger partial charge in [-0.2, -0.15) is 0 Å². The minimum absolute atomic E-state index is 0.156. The maximum Gasteiger partial charge on any atom is 0.223 e. The minimum atomic E-state index is 0.156. The summed E-state index contributed by atoms with van der Waals surface area (Å²) in [5, 5.41) is 7.66. The van der Waals surface area contributed by atoms with Crippen LogP contribution < -0.4 is 5.32 Å². The van der Waals surface area contributed by atoms with Gasteiger partial charge >= 0.3 is 0 Å². The Morgan fingerprint density at radius 1 is 1.21 bits per heavy atom. The zero-order chi connectivity index (χ0) is 13.7. The third kappa shape index (κ3) is 3.89. The van der Waals surface area contributed by atoms with Crippen molar-refractivity contribution in [2.24, 2.45) is 0 Å². The summed E-state index contributed by atoms with van der Waals surface area (Å²) < 4.78 is 0. The Hall–Kier alpha value is -1.17. The Morgan fingerprint density at radius 2 is 1.79 bits per heavy atom. The van der Waals surface area contributed by atoms with Gasteiger partial charge in [0.25, 0.3) is 0 Å². The Labute approximate surface area is 121 Å². The molecule has 0 fully saturated rings. The molecule has 0 atom stereocenters. The van der Waals surface area contributed by atoms with Crippen molar-refractivity contribution in [1.82, 2.24) is 10.2 Å². The van der Waals surface area contributed by atoms with Crippen LogP contribution >= 0.6 is 22.7 Å². The van der Waals surface area contributed by atoms with Crippen molar-refractivity contribution in [3.05, 3.63) is 44.8 Å². The zero-order valence-corrected chi connectivity index (χ0v) is 12.8. The lowest BCUT2D eigenvalue weighted by Crippen LogP contribution is -2.28. The predicted molar refractivity (Wildman–Crippen MR) is 81.8 cm³/mol. The molecule has 2 heterocycles. The summed E-state index contributed by atoms with van der Waals surface area (Å²) in [5.74, 6) is 0.156. The number of rotatable bonds is 6. The van der Waals surface area contributed by atoms with E-state index in [9.17, 15) is 4.79 Å². The van der Waals surface area contributed by atoms with Crippen molar-refractivity contribution < 1.29 is 4.79 Å². The highest BCUT2D eigenvalue weighted by Gasteiger charge is 2.16. The number of carbonyl (C=O) groups excluding carboxylic acids is 1. The number of nitrogens with one attached hydrogen (secondary N) is 1.